The zero-order valence-corrected chi connectivity index (χ0v) is 11.1. The minimum atomic E-state index is 0.276. The fourth-order valence-corrected chi connectivity index (χ4v) is 2.06. The molecule has 1 aromatic heterocycles. The SMILES string of the molecule is CNc1cc(NC(C)c2ccccc2C)ccn1. The van der Waals surface area contributed by atoms with Crippen molar-refractivity contribution < 1.29 is 0 Å². The molecule has 2 aromatic rings. The lowest BCUT2D eigenvalue weighted by molar-refractivity contribution is 0.873. The van der Waals surface area contributed by atoms with Crippen molar-refractivity contribution in [1.29, 1.82) is 0 Å². The third kappa shape index (κ3) is 2.80. The van der Waals surface area contributed by atoms with Crippen LogP contribution in [0.1, 0.15) is 24.1 Å². The van der Waals surface area contributed by atoms with Crippen LogP contribution in [-0.4, -0.2) is 12.0 Å². The summed E-state index contributed by atoms with van der Waals surface area (Å²) in [7, 11) is 1.87. The van der Waals surface area contributed by atoms with Gasteiger partial charge < -0.3 is 10.6 Å². The van der Waals surface area contributed by atoms with Crippen molar-refractivity contribution in [3.05, 3.63) is 53.7 Å². The second-order valence-corrected chi connectivity index (χ2v) is 4.40. The molecule has 3 heteroatoms. The third-order valence-corrected chi connectivity index (χ3v) is 3.05. The predicted octanol–water partition coefficient (Wildman–Crippen LogP) is 3.60. The Bertz CT molecular complexity index is 523. The average molecular weight is 241 g/mol. The van der Waals surface area contributed by atoms with Gasteiger partial charge in [0.05, 0.1) is 0 Å². The van der Waals surface area contributed by atoms with Gasteiger partial charge in [-0.25, -0.2) is 4.98 Å². The highest BCUT2D eigenvalue weighted by molar-refractivity contribution is 5.53. The number of aryl methyl sites for hydroxylation is 1. The normalized spacial score (nSPS) is 11.9. The van der Waals surface area contributed by atoms with Crippen molar-refractivity contribution in [2.75, 3.05) is 17.7 Å². The summed E-state index contributed by atoms with van der Waals surface area (Å²) in [4.78, 5) is 4.20. The highest BCUT2D eigenvalue weighted by atomic mass is 15.0. The lowest BCUT2D eigenvalue weighted by Gasteiger charge is -2.18. The van der Waals surface area contributed by atoms with Gasteiger partial charge in [-0.05, 0) is 31.0 Å². The first-order valence-corrected chi connectivity index (χ1v) is 6.16. The second-order valence-electron chi connectivity index (χ2n) is 4.40. The number of aromatic nitrogens is 1. The molecule has 2 rings (SSSR count). The molecule has 94 valence electrons. The quantitative estimate of drug-likeness (QED) is 0.858. The summed E-state index contributed by atoms with van der Waals surface area (Å²) in [6.45, 7) is 4.31. The number of anilines is 2. The van der Waals surface area contributed by atoms with Crippen LogP contribution in [0.3, 0.4) is 0 Å². The van der Waals surface area contributed by atoms with E-state index in [2.05, 4.69) is 53.7 Å². The molecule has 1 heterocycles. The number of rotatable bonds is 4. The Morgan fingerprint density at radius 3 is 2.67 bits per heavy atom. The van der Waals surface area contributed by atoms with Gasteiger partial charge in [-0.3, -0.25) is 0 Å². The smallest absolute Gasteiger partial charge is 0.127 e. The first-order chi connectivity index (χ1) is 8.70. The summed E-state index contributed by atoms with van der Waals surface area (Å²) in [6, 6.07) is 12.7. The van der Waals surface area contributed by atoms with Crippen molar-refractivity contribution in [2.45, 2.75) is 19.9 Å². The maximum Gasteiger partial charge on any atom is 0.127 e. The lowest BCUT2D eigenvalue weighted by Crippen LogP contribution is -2.08. The second kappa shape index (κ2) is 5.54. The van der Waals surface area contributed by atoms with Crippen LogP contribution in [0.15, 0.2) is 42.6 Å². The summed E-state index contributed by atoms with van der Waals surface area (Å²) in [5.74, 6) is 0.872. The summed E-state index contributed by atoms with van der Waals surface area (Å²) in [5, 5.41) is 6.53. The summed E-state index contributed by atoms with van der Waals surface area (Å²) < 4.78 is 0. The number of nitrogens with one attached hydrogen (secondary N) is 2. The van der Waals surface area contributed by atoms with Crippen molar-refractivity contribution >= 4 is 11.5 Å². The van der Waals surface area contributed by atoms with E-state index in [0.29, 0.717) is 0 Å². The maximum atomic E-state index is 4.20. The van der Waals surface area contributed by atoms with Crippen LogP contribution in [0, 0.1) is 6.92 Å². The van der Waals surface area contributed by atoms with Crippen molar-refractivity contribution in [2.24, 2.45) is 0 Å². The van der Waals surface area contributed by atoms with Gasteiger partial charge in [-0.1, -0.05) is 24.3 Å². The number of nitrogens with zero attached hydrogens (tertiary/aromatic N) is 1. The van der Waals surface area contributed by atoms with Crippen LogP contribution in [0.25, 0.3) is 0 Å². The molecule has 0 fully saturated rings. The molecule has 0 amide bonds. The molecule has 0 aliphatic heterocycles. The van der Waals surface area contributed by atoms with E-state index < -0.39 is 0 Å². The first kappa shape index (κ1) is 12.4. The molecular formula is C15H19N3. The molecule has 2 N–H and O–H groups in total. The van der Waals surface area contributed by atoms with Gasteiger partial charge in [0.1, 0.15) is 5.82 Å². The van der Waals surface area contributed by atoms with E-state index in [4.69, 9.17) is 0 Å². The van der Waals surface area contributed by atoms with Gasteiger partial charge in [0.15, 0.2) is 0 Å². The highest BCUT2D eigenvalue weighted by Gasteiger charge is 2.07. The van der Waals surface area contributed by atoms with Crippen molar-refractivity contribution in [3.8, 4) is 0 Å². The fourth-order valence-electron chi connectivity index (χ4n) is 2.06. The van der Waals surface area contributed by atoms with E-state index in [1.54, 1.807) is 6.20 Å². The molecule has 0 spiro atoms. The van der Waals surface area contributed by atoms with Gasteiger partial charge >= 0.3 is 0 Å². The number of benzene rings is 1. The van der Waals surface area contributed by atoms with Crippen LogP contribution in [-0.2, 0) is 0 Å². The Kier molecular flexibility index (Phi) is 3.82. The minimum Gasteiger partial charge on any atom is -0.378 e. The van der Waals surface area contributed by atoms with Crippen LogP contribution < -0.4 is 10.6 Å². The third-order valence-electron chi connectivity index (χ3n) is 3.05. The summed E-state index contributed by atoms with van der Waals surface area (Å²) in [6.07, 6.45) is 1.80. The van der Waals surface area contributed by atoms with Crippen LogP contribution in [0.4, 0.5) is 11.5 Å². The zero-order chi connectivity index (χ0) is 13.0. The first-order valence-electron chi connectivity index (χ1n) is 6.16. The molecule has 0 aliphatic carbocycles. The van der Waals surface area contributed by atoms with E-state index in [1.165, 1.54) is 11.1 Å². The maximum absolute atomic E-state index is 4.20. The molecule has 0 aliphatic rings. The molecular weight excluding hydrogens is 222 g/mol. The van der Waals surface area contributed by atoms with E-state index in [-0.39, 0.29) is 6.04 Å². The molecule has 0 radical (unpaired) electrons. The number of hydrogen-bond donors (Lipinski definition) is 2. The van der Waals surface area contributed by atoms with E-state index in [0.717, 1.165) is 11.5 Å². The Labute approximate surface area is 108 Å². The molecule has 0 saturated carbocycles. The van der Waals surface area contributed by atoms with Gasteiger partial charge in [-0.2, -0.15) is 0 Å². The van der Waals surface area contributed by atoms with Crippen molar-refractivity contribution in [3.63, 3.8) is 0 Å². The standard InChI is InChI=1S/C15H19N3/c1-11-6-4-5-7-14(11)12(2)18-13-8-9-17-15(10-13)16-3/h4-10,12H,1-3H3,(H2,16,17,18). The van der Waals surface area contributed by atoms with Crippen LogP contribution in [0.2, 0.25) is 0 Å². The summed E-state index contributed by atoms with van der Waals surface area (Å²) >= 11 is 0. The van der Waals surface area contributed by atoms with E-state index in [1.807, 2.05) is 19.2 Å². The fraction of sp³-hybridized carbons (Fsp3) is 0.267. The van der Waals surface area contributed by atoms with Gasteiger partial charge in [0.2, 0.25) is 0 Å². The number of hydrogen-bond acceptors (Lipinski definition) is 3. The number of pyridine rings is 1. The molecule has 0 saturated heterocycles. The Morgan fingerprint density at radius 2 is 1.94 bits per heavy atom. The molecule has 1 aromatic carbocycles. The predicted molar refractivity (Wildman–Crippen MR) is 77.0 cm³/mol. The largest absolute Gasteiger partial charge is 0.378 e. The van der Waals surface area contributed by atoms with E-state index >= 15 is 0 Å². The Balaban J connectivity index is 2.16. The monoisotopic (exact) mass is 241 g/mol. The zero-order valence-electron chi connectivity index (χ0n) is 11.1. The van der Waals surface area contributed by atoms with Crippen LogP contribution in [0.5, 0.6) is 0 Å². The molecule has 18 heavy (non-hydrogen) atoms. The lowest BCUT2D eigenvalue weighted by atomic mass is 10.0. The molecule has 1 atom stereocenters. The molecule has 0 bridgehead atoms. The molecule has 3 nitrogen and oxygen atoms in total. The highest BCUT2D eigenvalue weighted by Crippen LogP contribution is 2.22. The van der Waals surface area contributed by atoms with Gasteiger partial charge in [-0.15, -0.1) is 0 Å². The topological polar surface area (TPSA) is 37.0 Å². The molecule has 1 unspecified atom stereocenters. The van der Waals surface area contributed by atoms with E-state index in [9.17, 15) is 0 Å². The van der Waals surface area contributed by atoms with Gasteiger partial charge in [0.25, 0.3) is 0 Å². The Hall–Kier alpha value is -2.03. The van der Waals surface area contributed by atoms with Crippen molar-refractivity contribution in [1.82, 2.24) is 4.98 Å². The van der Waals surface area contributed by atoms with Gasteiger partial charge in [0, 0.05) is 31.0 Å². The minimum absolute atomic E-state index is 0.276. The average Bonchev–Trinajstić information content (AvgIpc) is 2.39. The Morgan fingerprint density at radius 1 is 1.17 bits per heavy atom. The van der Waals surface area contributed by atoms with Crippen LogP contribution >= 0.6 is 0 Å². The summed E-state index contributed by atoms with van der Waals surface area (Å²) in [5.41, 5.74) is 3.70.